The maximum absolute atomic E-state index is 14.5. The first-order valence-corrected chi connectivity index (χ1v) is 12.5. The fourth-order valence-electron chi connectivity index (χ4n) is 5.86. The highest BCUT2D eigenvalue weighted by molar-refractivity contribution is 5.43. The van der Waals surface area contributed by atoms with Gasteiger partial charge in [-0.15, -0.1) is 0 Å². The molecule has 0 spiro atoms. The Labute approximate surface area is 187 Å². The lowest BCUT2D eigenvalue weighted by atomic mass is 9.76. The van der Waals surface area contributed by atoms with Gasteiger partial charge in [-0.2, -0.15) is 5.26 Å². The van der Waals surface area contributed by atoms with Gasteiger partial charge < -0.3 is 0 Å². The topological polar surface area (TPSA) is 23.8 Å². The number of nitrogens with zero attached hydrogens (tertiary/aromatic N) is 1. The molecule has 1 unspecified atom stereocenters. The van der Waals surface area contributed by atoms with E-state index < -0.39 is 0 Å². The summed E-state index contributed by atoms with van der Waals surface area (Å²) < 4.78 is 14.5. The summed E-state index contributed by atoms with van der Waals surface area (Å²) in [5.74, 6) is 1.84. The van der Waals surface area contributed by atoms with Gasteiger partial charge in [-0.1, -0.05) is 69.4 Å². The number of unbranched alkanes of at least 4 members (excludes halogenated alkanes) is 3. The van der Waals surface area contributed by atoms with Crippen molar-refractivity contribution in [2.75, 3.05) is 0 Å². The Morgan fingerprint density at radius 1 is 0.871 bits per heavy atom. The Balaban J connectivity index is 1.32. The predicted octanol–water partition coefficient (Wildman–Crippen LogP) is 8.21. The minimum Gasteiger partial charge on any atom is -0.205 e. The van der Waals surface area contributed by atoms with Crippen molar-refractivity contribution in [2.45, 2.75) is 95.8 Å². The number of rotatable bonds is 7. The molecule has 0 N–H and O–H groups in total. The fourth-order valence-corrected chi connectivity index (χ4v) is 5.86. The lowest BCUT2D eigenvalue weighted by Crippen LogP contribution is -2.15. The van der Waals surface area contributed by atoms with E-state index in [0.29, 0.717) is 5.92 Å². The van der Waals surface area contributed by atoms with Crippen LogP contribution >= 0.6 is 0 Å². The van der Waals surface area contributed by atoms with E-state index in [2.05, 4.69) is 31.2 Å². The second kappa shape index (κ2) is 10.4. The molecule has 1 nitrogen and oxygen atoms in total. The van der Waals surface area contributed by atoms with Crippen LogP contribution in [0, 0.1) is 23.1 Å². The highest BCUT2D eigenvalue weighted by Crippen LogP contribution is 2.39. The van der Waals surface area contributed by atoms with Gasteiger partial charge in [0.25, 0.3) is 0 Å². The summed E-state index contributed by atoms with van der Waals surface area (Å²) in [4.78, 5) is 0. The van der Waals surface area contributed by atoms with Crippen molar-refractivity contribution in [3.63, 3.8) is 0 Å². The van der Waals surface area contributed by atoms with Crippen molar-refractivity contribution in [2.24, 2.45) is 5.92 Å². The molecule has 0 saturated heterocycles. The van der Waals surface area contributed by atoms with E-state index in [4.69, 9.17) is 5.26 Å². The maximum atomic E-state index is 14.5. The molecule has 31 heavy (non-hydrogen) atoms. The molecule has 0 amide bonds. The summed E-state index contributed by atoms with van der Waals surface area (Å²) in [7, 11) is 0. The van der Waals surface area contributed by atoms with Crippen LogP contribution < -0.4 is 0 Å². The monoisotopic (exact) mass is 417 g/mol. The average molecular weight is 418 g/mol. The lowest BCUT2D eigenvalue weighted by Gasteiger charge is -2.29. The molecule has 0 aliphatic heterocycles. The molecule has 0 aromatic heterocycles. The predicted molar refractivity (Wildman–Crippen MR) is 126 cm³/mol. The average Bonchev–Trinajstić information content (AvgIpc) is 2.82. The van der Waals surface area contributed by atoms with Gasteiger partial charge in [-0.25, -0.2) is 4.39 Å². The van der Waals surface area contributed by atoms with Crippen LogP contribution in [-0.2, 0) is 12.8 Å². The number of hydrogen-bond acceptors (Lipinski definition) is 1. The minimum atomic E-state index is -0.297. The first kappa shape index (κ1) is 22.1. The number of hydrogen-bond donors (Lipinski definition) is 0. The van der Waals surface area contributed by atoms with Gasteiger partial charge in [0.1, 0.15) is 11.9 Å². The van der Waals surface area contributed by atoms with E-state index in [9.17, 15) is 4.39 Å². The second-order valence-electron chi connectivity index (χ2n) is 9.85. The zero-order chi connectivity index (χ0) is 21.6. The number of nitriles is 1. The van der Waals surface area contributed by atoms with Gasteiger partial charge in [0.15, 0.2) is 0 Å². The van der Waals surface area contributed by atoms with Gasteiger partial charge in [0.05, 0.1) is 5.56 Å². The van der Waals surface area contributed by atoms with Crippen molar-refractivity contribution >= 4 is 0 Å². The number of benzene rings is 2. The highest BCUT2D eigenvalue weighted by Gasteiger charge is 2.25. The largest absolute Gasteiger partial charge is 0.205 e. The van der Waals surface area contributed by atoms with Gasteiger partial charge >= 0.3 is 0 Å². The highest BCUT2D eigenvalue weighted by atomic mass is 19.1. The molecule has 164 valence electrons. The van der Waals surface area contributed by atoms with E-state index in [-0.39, 0.29) is 11.4 Å². The summed E-state index contributed by atoms with van der Waals surface area (Å²) in [5, 5.41) is 9.07. The molecule has 0 radical (unpaired) electrons. The molecule has 1 atom stereocenters. The van der Waals surface area contributed by atoms with Crippen LogP contribution in [0.3, 0.4) is 0 Å². The molecule has 1 saturated carbocycles. The third-order valence-corrected chi connectivity index (χ3v) is 7.86. The Hall–Kier alpha value is -2.14. The van der Waals surface area contributed by atoms with E-state index in [0.717, 1.165) is 42.2 Å². The van der Waals surface area contributed by atoms with Gasteiger partial charge in [-0.3, -0.25) is 0 Å². The van der Waals surface area contributed by atoms with Crippen molar-refractivity contribution in [3.8, 4) is 6.07 Å². The second-order valence-corrected chi connectivity index (χ2v) is 9.85. The smallest absolute Gasteiger partial charge is 0.144 e. The normalized spacial score (nSPS) is 23.2. The standard InChI is InChI=1S/C29H36FN/c1-2-3-4-5-6-21-7-9-22(10-8-21)23-11-13-24(14-12-23)25-17-18-28-26(19-25)15-16-27(20-31)29(28)30/h11-16,21-22,25H,2-10,17-19H2,1H3. The molecule has 4 rings (SSSR count). The van der Waals surface area contributed by atoms with Gasteiger partial charge in [-0.05, 0) is 91.0 Å². The van der Waals surface area contributed by atoms with E-state index in [1.165, 1.54) is 68.9 Å². The van der Waals surface area contributed by atoms with Crippen molar-refractivity contribution in [3.05, 3.63) is 70.0 Å². The minimum absolute atomic E-state index is 0.178. The molecule has 0 heterocycles. The summed E-state index contributed by atoms with van der Waals surface area (Å²) in [5.41, 5.74) is 4.91. The third-order valence-electron chi connectivity index (χ3n) is 7.86. The molecule has 2 heteroatoms. The first-order chi connectivity index (χ1) is 15.2. The van der Waals surface area contributed by atoms with E-state index >= 15 is 0 Å². The Bertz CT molecular complexity index is 900. The zero-order valence-corrected chi connectivity index (χ0v) is 19.0. The lowest BCUT2D eigenvalue weighted by molar-refractivity contribution is 0.302. The van der Waals surface area contributed by atoms with Crippen LogP contribution in [0.2, 0.25) is 0 Å². The first-order valence-electron chi connectivity index (χ1n) is 12.5. The molecule has 0 bridgehead atoms. The van der Waals surface area contributed by atoms with Gasteiger partial charge in [0.2, 0.25) is 0 Å². The summed E-state index contributed by atoms with van der Waals surface area (Å²) in [6, 6.07) is 14.9. The molecule has 2 aliphatic carbocycles. The summed E-state index contributed by atoms with van der Waals surface area (Å²) in [6.45, 7) is 2.29. The SMILES string of the molecule is CCCCCCC1CCC(c2ccc(C3CCc4c(ccc(C#N)c4F)C3)cc2)CC1. The van der Waals surface area contributed by atoms with Crippen LogP contribution in [0.1, 0.15) is 111 Å². The van der Waals surface area contributed by atoms with Crippen LogP contribution in [0.15, 0.2) is 36.4 Å². The summed E-state index contributed by atoms with van der Waals surface area (Å²) >= 11 is 0. The zero-order valence-electron chi connectivity index (χ0n) is 19.0. The summed E-state index contributed by atoms with van der Waals surface area (Å²) in [6.07, 6.45) is 15.0. The van der Waals surface area contributed by atoms with Crippen molar-refractivity contribution < 1.29 is 4.39 Å². The number of fused-ring (bicyclic) bond motifs is 1. The van der Waals surface area contributed by atoms with Crippen LogP contribution in [-0.4, -0.2) is 0 Å². The van der Waals surface area contributed by atoms with Crippen molar-refractivity contribution in [1.82, 2.24) is 0 Å². The van der Waals surface area contributed by atoms with Crippen LogP contribution in [0.5, 0.6) is 0 Å². The molecular formula is C29H36FN. The fraction of sp³-hybridized carbons (Fsp3) is 0.552. The third kappa shape index (κ3) is 5.20. The Morgan fingerprint density at radius 3 is 2.26 bits per heavy atom. The maximum Gasteiger partial charge on any atom is 0.144 e. The molecule has 1 fully saturated rings. The Morgan fingerprint density at radius 2 is 1.58 bits per heavy atom. The Kier molecular flexibility index (Phi) is 7.44. The molecule has 2 aliphatic rings. The number of halogens is 1. The van der Waals surface area contributed by atoms with Crippen LogP contribution in [0.25, 0.3) is 0 Å². The molecule has 2 aromatic carbocycles. The van der Waals surface area contributed by atoms with Crippen molar-refractivity contribution in [1.29, 1.82) is 5.26 Å². The van der Waals surface area contributed by atoms with Crippen LogP contribution in [0.4, 0.5) is 4.39 Å². The van der Waals surface area contributed by atoms with E-state index in [1.807, 2.05) is 12.1 Å². The van der Waals surface area contributed by atoms with Gasteiger partial charge in [0, 0.05) is 0 Å². The molecule has 2 aromatic rings. The molecular weight excluding hydrogens is 381 g/mol. The van der Waals surface area contributed by atoms with E-state index in [1.54, 1.807) is 6.07 Å². The quantitative estimate of drug-likeness (QED) is 0.416.